The van der Waals surface area contributed by atoms with Crippen LogP contribution < -0.4 is 5.32 Å². The van der Waals surface area contributed by atoms with E-state index in [1.54, 1.807) is 0 Å². The second-order valence-electron chi connectivity index (χ2n) is 4.48. The average molecular weight is 179 g/mol. The Morgan fingerprint density at radius 3 is 2.77 bits per heavy atom. The molecule has 0 aromatic heterocycles. The average Bonchev–Trinajstić information content (AvgIpc) is 2.99. The largest absolute Gasteiger partial charge is 0.308 e. The maximum absolute atomic E-state index is 3.78. The zero-order valence-corrected chi connectivity index (χ0v) is 8.63. The molecule has 2 aliphatic carbocycles. The van der Waals surface area contributed by atoms with Gasteiger partial charge in [0, 0.05) is 12.1 Å². The van der Waals surface area contributed by atoms with Gasteiger partial charge in [0.1, 0.15) is 0 Å². The molecule has 1 N–H and O–H groups in total. The van der Waals surface area contributed by atoms with Crippen molar-refractivity contribution in [2.24, 2.45) is 5.92 Å². The van der Waals surface area contributed by atoms with Gasteiger partial charge in [0.2, 0.25) is 0 Å². The fourth-order valence-electron chi connectivity index (χ4n) is 2.31. The van der Waals surface area contributed by atoms with Gasteiger partial charge in [-0.2, -0.15) is 0 Å². The van der Waals surface area contributed by atoms with Gasteiger partial charge in [-0.1, -0.05) is 19.1 Å². The minimum Gasteiger partial charge on any atom is -0.308 e. The molecule has 74 valence electrons. The lowest BCUT2D eigenvalue weighted by atomic mass is 10.0. The van der Waals surface area contributed by atoms with Gasteiger partial charge in [0.25, 0.3) is 0 Å². The van der Waals surface area contributed by atoms with Gasteiger partial charge < -0.3 is 5.32 Å². The Kier molecular flexibility index (Phi) is 3.05. The lowest BCUT2D eigenvalue weighted by molar-refractivity contribution is 0.395. The molecule has 1 saturated carbocycles. The standard InChI is InChI=1S/C12H21N/c1-2-12(10-8-9-10)13-11-6-4-3-5-7-11/h4,6,10-13H,2-3,5,7-9H2,1H3. The van der Waals surface area contributed by atoms with Gasteiger partial charge in [-0.05, 0) is 44.4 Å². The van der Waals surface area contributed by atoms with Crippen molar-refractivity contribution in [2.45, 2.75) is 57.5 Å². The van der Waals surface area contributed by atoms with E-state index in [4.69, 9.17) is 0 Å². The highest BCUT2D eigenvalue weighted by atomic mass is 15.0. The van der Waals surface area contributed by atoms with Crippen molar-refractivity contribution in [3.8, 4) is 0 Å². The maximum atomic E-state index is 3.78. The predicted molar refractivity (Wildman–Crippen MR) is 56.7 cm³/mol. The molecule has 2 unspecified atom stereocenters. The molecule has 13 heavy (non-hydrogen) atoms. The molecule has 0 spiro atoms. The van der Waals surface area contributed by atoms with E-state index in [-0.39, 0.29) is 0 Å². The van der Waals surface area contributed by atoms with Crippen LogP contribution >= 0.6 is 0 Å². The van der Waals surface area contributed by atoms with E-state index >= 15 is 0 Å². The van der Waals surface area contributed by atoms with Crippen molar-refractivity contribution in [1.82, 2.24) is 5.32 Å². The second-order valence-corrected chi connectivity index (χ2v) is 4.48. The number of rotatable bonds is 4. The smallest absolute Gasteiger partial charge is 0.0252 e. The summed E-state index contributed by atoms with van der Waals surface area (Å²) < 4.78 is 0. The van der Waals surface area contributed by atoms with Crippen LogP contribution in [0.25, 0.3) is 0 Å². The van der Waals surface area contributed by atoms with Crippen molar-refractivity contribution in [1.29, 1.82) is 0 Å². The minimum absolute atomic E-state index is 0.680. The molecule has 2 atom stereocenters. The second kappa shape index (κ2) is 4.28. The van der Waals surface area contributed by atoms with Crippen LogP contribution in [0.2, 0.25) is 0 Å². The van der Waals surface area contributed by atoms with Gasteiger partial charge in [0.05, 0.1) is 0 Å². The Morgan fingerprint density at radius 1 is 1.38 bits per heavy atom. The number of hydrogen-bond donors (Lipinski definition) is 1. The molecule has 1 fully saturated rings. The van der Waals surface area contributed by atoms with E-state index in [0.29, 0.717) is 6.04 Å². The highest BCUT2D eigenvalue weighted by Gasteiger charge is 2.30. The Hall–Kier alpha value is -0.300. The summed E-state index contributed by atoms with van der Waals surface area (Å²) in [7, 11) is 0. The molecule has 0 aromatic carbocycles. The predicted octanol–water partition coefficient (Wildman–Crippen LogP) is 2.87. The summed E-state index contributed by atoms with van der Waals surface area (Å²) >= 11 is 0. The summed E-state index contributed by atoms with van der Waals surface area (Å²) in [5.41, 5.74) is 0. The summed E-state index contributed by atoms with van der Waals surface area (Å²) in [6, 6.07) is 1.48. The van der Waals surface area contributed by atoms with Crippen molar-refractivity contribution >= 4 is 0 Å². The fraction of sp³-hybridized carbons (Fsp3) is 0.833. The third-order valence-corrected chi connectivity index (χ3v) is 3.31. The summed E-state index contributed by atoms with van der Waals surface area (Å²) in [5, 5.41) is 3.78. The van der Waals surface area contributed by atoms with Crippen LogP contribution in [0.5, 0.6) is 0 Å². The third kappa shape index (κ3) is 2.57. The van der Waals surface area contributed by atoms with Crippen LogP contribution in [-0.2, 0) is 0 Å². The topological polar surface area (TPSA) is 12.0 Å². The lowest BCUT2D eigenvalue weighted by Crippen LogP contribution is -2.38. The zero-order chi connectivity index (χ0) is 9.10. The quantitative estimate of drug-likeness (QED) is 0.654. The normalized spacial score (nSPS) is 30.4. The highest BCUT2D eigenvalue weighted by Crippen LogP contribution is 2.34. The number of hydrogen-bond acceptors (Lipinski definition) is 1. The van der Waals surface area contributed by atoms with E-state index in [1.165, 1.54) is 38.5 Å². The first-order valence-electron chi connectivity index (χ1n) is 5.83. The van der Waals surface area contributed by atoms with E-state index in [0.717, 1.165) is 12.0 Å². The maximum Gasteiger partial charge on any atom is 0.0252 e. The molecular weight excluding hydrogens is 158 g/mol. The summed E-state index contributed by atoms with van der Waals surface area (Å²) in [5.74, 6) is 1.00. The molecule has 0 heterocycles. The Balaban J connectivity index is 1.80. The van der Waals surface area contributed by atoms with E-state index in [1.807, 2.05) is 0 Å². The Morgan fingerprint density at radius 2 is 2.23 bits per heavy atom. The van der Waals surface area contributed by atoms with Gasteiger partial charge in [-0.15, -0.1) is 0 Å². The minimum atomic E-state index is 0.680. The molecule has 0 aromatic rings. The molecular formula is C12H21N. The molecule has 1 heteroatoms. The SMILES string of the molecule is CCC(NC1C=CCCC1)C1CC1. The zero-order valence-electron chi connectivity index (χ0n) is 8.63. The van der Waals surface area contributed by atoms with Crippen LogP contribution in [0.1, 0.15) is 45.4 Å². The highest BCUT2D eigenvalue weighted by molar-refractivity contribution is 5.00. The van der Waals surface area contributed by atoms with Crippen LogP contribution in [-0.4, -0.2) is 12.1 Å². The molecule has 0 bridgehead atoms. The molecule has 1 nitrogen and oxygen atoms in total. The first kappa shape index (κ1) is 9.26. The van der Waals surface area contributed by atoms with Crippen LogP contribution in [0.3, 0.4) is 0 Å². The molecule has 0 aliphatic heterocycles. The number of nitrogens with one attached hydrogen (secondary N) is 1. The third-order valence-electron chi connectivity index (χ3n) is 3.31. The van der Waals surface area contributed by atoms with Gasteiger partial charge >= 0.3 is 0 Å². The van der Waals surface area contributed by atoms with Crippen LogP contribution in [0.4, 0.5) is 0 Å². The summed E-state index contributed by atoms with van der Waals surface area (Å²) in [6.45, 7) is 2.31. The molecule has 0 saturated heterocycles. The van der Waals surface area contributed by atoms with E-state index in [2.05, 4.69) is 24.4 Å². The Labute approximate surface area is 81.6 Å². The van der Waals surface area contributed by atoms with E-state index in [9.17, 15) is 0 Å². The van der Waals surface area contributed by atoms with Crippen molar-refractivity contribution in [2.75, 3.05) is 0 Å². The fourth-order valence-corrected chi connectivity index (χ4v) is 2.31. The molecule has 0 radical (unpaired) electrons. The van der Waals surface area contributed by atoms with Crippen molar-refractivity contribution in [3.05, 3.63) is 12.2 Å². The summed E-state index contributed by atoms with van der Waals surface area (Å²) in [6.07, 6.45) is 12.9. The van der Waals surface area contributed by atoms with Gasteiger partial charge in [-0.3, -0.25) is 0 Å². The lowest BCUT2D eigenvalue weighted by Gasteiger charge is -2.24. The van der Waals surface area contributed by atoms with Crippen molar-refractivity contribution < 1.29 is 0 Å². The van der Waals surface area contributed by atoms with E-state index < -0.39 is 0 Å². The molecule has 2 aliphatic rings. The van der Waals surface area contributed by atoms with Crippen LogP contribution in [0, 0.1) is 5.92 Å². The van der Waals surface area contributed by atoms with Gasteiger partial charge in [-0.25, -0.2) is 0 Å². The first-order valence-corrected chi connectivity index (χ1v) is 5.83. The molecule has 0 amide bonds. The van der Waals surface area contributed by atoms with Crippen molar-refractivity contribution in [3.63, 3.8) is 0 Å². The van der Waals surface area contributed by atoms with Gasteiger partial charge in [0.15, 0.2) is 0 Å². The Bertz CT molecular complexity index is 182. The monoisotopic (exact) mass is 179 g/mol. The molecule has 2 rings (SSSR count). The summed E-state index contributed by atoms with van der Waals surface area (Å²) in [4.78, 5) is 0. The van der Waals surface area contributed by atoms with Crippen LogP contribution in [0.15, 0.2) is 12.2 Å². The first-order chi connectivity index (χ1) is 6.40. The number of allylic oxidation sites excluding steroid dienone is 1.